The van der Waals surface area contributed by atoms with Crippen molar-refractivity contribution in [3.63, 3.8) is 0 Å². The van der Waals surface area contributed by atoms with Gasteiger partial charge in [0, 0.05) is 18.7 Å². The minimum Gasteiger partial charge on any atom is -0.495 e. The van der Waals surface area contributed by atoms with Crippen molar-refractivity contribution in [1.29, 1.82) is 0 Å². The first-order valence-electron chi connectivity index (χ1n) is 11.2. The molecule has 0 saturated carbocycles. The van der Waals surface area contributed by atoms with E-state index in [1.54, 1.807) is 24.3 Å². The molecule has 2 aromatic rings. The van der Waals surface area contributed by atoms with Crippen LogP contribution in [0, 0.1) is 0 Å². The van der Waals surface area contributed by atoms with E-state index in [9.17, 15) is 18.0 Å². The van der Waals surface area contributed by atoms with Gasteiger partial charge in [-0.05, 0) is 43.2 Å². The molecule has 2 aliphatic rings. The van der Waals surface area contributed by atoms with Crippen molar-refractivity contribution in [3.05, 3.63) is 48.0 Å². The second kappa shape index (κ2) is 10.0. The molecule has 2 heterocycles. The van der Waals surface area contributed by atoms with E-state index >= 15 is 0 Å². The maximum atomic E-state index is 13.6. The molecule has 1 atom stereocenters. The van der Waals surface area contributed by atoms with Crippen molar-refractivity contribution in [3.8, 4) is 11.5 Å². The fourth-order valence-corrected chi connectivity index (χ4v) is 5.97. The summed E-state index contributed by atoms with van der Waals surface area (Å²) in [6.45, 7) is 0.797. The van der Waals surface area contributed by atoms with Crippen LogP contribution in [0.3, 0.4) is 0 Å². The number of anilines is 1. The summed E-state index contributed by atoms with van der Waals surface area (Å²) >= 11 is 0. The number of amides is 1. The van der Waals surface area contributed by atoms with Crippen molar-refractivity contribution in [2.75, 3.05) is 38.8 Å². The first-order valence-corrected chi connectivity index (χ1v) is 12.6. The third kappa shape index (κ3) is 4.60. The van der Waals surface area contributed by atoms with E-state index in [4.69, 9.17) is 14.2 Å². The molecule has 0 bridgehead atoms. The van der Waals surface area contributed by atoms with Crippen molar-refractivity contribution in [2.45, 2.75) is 36.7 Å². The molecule has 1 saturated heterocycles. The van der Waals surface area contributed by atoms with Crippen molar-refractivity contribution >= 4 is 27.6 Å². The minimum atomic E-state index is -3.86. The molecular formula is C24H28N2O7S. The standard InChI is InChI=1S/C24H28N2O7S/c1-31-20-12-11-17(15-22(20)34(29,30)25-13-7-3-4-8-14-25)23(27)26-16-21(24(28)32-2)33-19-10-6-5-9-18(19)26/h5-6,9-12,15,21H,3-4,7-8,13-14,16H2,1-2H3/t21-/m1/s1. The smallest absolute Gasteiger partial charge is 0.348 e. The fourth-order valence-electron chi connectivity index (χ4n) is 4.27. The van der Waals surface area contributed by atoms with Gasteiger partial charge in [-0.3, -0.25) is 4.79 Å². The van der Waals surface area contributed by atoms with Crippen LogP contribution in [0.2, 0.25) is 0 Å². The van der Waals surface area contributed by atoms with E-state index in [0.717, 1.165) is 25.7 Å². The summed E-state index contributed by atoms with van der Waals surface area (Å²) < 4.78 is 44.3. The summed E-state index contributed by atoms with van der Waals surface area (Å²) in [6.07, 6.45) is 2.56. The third-order valence-electron chi connectivity index (χ3n) is 6.08. The zero-order valence-corrected chi connectivity index (χ0v) is 20.0. The number of carbonyl (C=O) groups is 2. The highest BCUT2D eigenvalue weighted by atomic mass is 32.2. The molecule has 2 aromatic carbocycles. The second-order valence-corrected chi connectivity index (χ2v) is 10.1. The number of ether oxygens (including phenoxy) is 3. The summed E-state index contributed by atoms with van der Waals surface area (Å²) in [5.74, 6) is -0.523. The number of methoxy groups -OCH3 is 2. The van der Waals surface area contributed by atoms with Crippen LogP contribution in [-0.2, 0) is 19.6 Å². The number of rotatable bonds is 5. The van der Waals surface area contributed by atoms with E-state index in [1.807, 2.05) is 0 Å². The molecule has 0 N–H and O–H groups in total. The highest BCUT2D eigenvalue weighted by Gasteiger charge is 2.36. The van der Waals surface area contributed by atoms with E-state index in [-0.39, 0.29) is 22.8 Å². The maximum absolute atomic E-state index is 13.6. The van der Waals surface area contributed by atoms with Crippen LogP contribution in [0.5, 0.6) is 11.5 Å². The SMILES string of the molecule is COC(=O)[C@H]1CN(C(=O)c2ccc(OC)c(S(=O)(=O)N3CCCCCC3)c2)c2ccccc2O1. The van der Waals surface area contributed by atoms with Crippen molar-refractivity contribution in [2.24, 2.45) is 0 Å². The predicted molar refractivity (Wildman–Crippen MR) is 125 cm³/mol. The molecule has 2 aliphatic heterocycles. The Bertz CT molecular complexity index is 1170. The topological polar surface area (TPSA) is 102 Å². The number of esters is 1. The monoisotopic (exact) mass is 488 g/mol. The molecule has 0 unspecified atom stereocenters. The highest BCUT2D eigenvalue weighted by molar-refractivity contribution is 7.89. The molecule has 10 heteroatoms. The van der Waals surface area contributed by atoms with E-state index in [1.165, 1.54) is 41.6 Å². The van der Waals surface area contributed by atoms with Crippen LogP contribution >= 0.6 is 0 Å². The Morgan fingerprint density at radius 1 is 1.00 bits per heavy atom. The Morgan fingerprint density at radius 2 is 1.71 bits per heavy atom. The molecule has 0 spiro atoms. The lowest BCUT2D eigenvalue weighted by molar-refractivity contribution is -0.148. The molecule has 1 amide bonds. The van der Waals surface area contributed by atoms with Crippen molar-refractivity contribution in [1.82, 2.24) is 4.31 Å². The third-order valence-corrected chi connectivity index (χ3v) is 8.00. The van der Waals surface area contributed by atoms with Gasteiger partial charge in [0.1, 0.15) is 16.4 Å². The molecule has 34 heavy (non-hydrogen) atoms. The van der Waals surface area contributed by atoms with Gasteiger partial charge in [0.05, 0.1) is 26.5 Å². The quantitative estimate of drug-likeness (QED) is 0.597. The zero-order chi connectivity index (χ0) is 24.3. The molecule has 9 nitrogen and oxygen atoms in total. The van der Waals surface area contributed by atoms with E-state index < -0.39 is 28.0 Å². The number of para-hydroxylation sites is 2. The van der Waals surface area contributed by atoms with E-state index in [0.29, 0.717) is 24.5 Å². The first kappa shape index (κ1) is 24.0. The van der Waals surface area contributed by atoms with Crippen molar-refractivity contribution < 1.29 is 32.2 Å². The van der Waals surface area contributed by atoms with Gasteiger partial charge >= 0.3 is 5.97 Å². The van der Waals surface area contributed by atoms with Gasteiger partial charge in [0.2, 0.25) is 16.1 Å². The van der Waals surface area contributed by atoms with Gasteiger partial charge in [-0.1, -0.05) is 25.0 Å². The van der Waals surface area contributed by atoms with Crippen LogP contribution in [-0.4, -0.2) is 64.6 Å². The summed E-state index contributed by atoms with van der Waals surface area (Å²) in [7, 11) is -1.21. The van der Waals surface area contributed by atoms with Crippen LogP contribution in [0.4, 0.5) is 5.69 Å². The van der Waals surface area contributed by atoms with Gasteiger partial charge in [0.15, 0.2) is 0 Å². The zero-order valence-electron chi connectivity index (χ0n) is 19.2. The summed E-state index contributed by atoms with van der Waals surface area (Å²) in [5.41, 5.74) is 0.648. The number of hydrogen-bond donors (Lipinski definition) is 0. The van der Waals surface area contributed by atoms with Crippen LogP contribution in [0.1, 0.15) is 36.0 Å². The highest BCUT2D eigenvalue weighted by Crippen LogP contribution is 2.35. The maximum Gasteiger partial charge on any atom is 0.348 e. The minimum absolute atomic E-state index is 0.0474. The largest absolute Gasteiger partial charge is 0.495 e. The molecule has 182 valence electrons. The Kier molecular flexibility index (Phi) is 7.08. The molecule has 0 aliphatic carbocycles. The van der Waals surface area contributed by atoms with Gasteiger partial charge in [0.25, 0.3) is 5.91 Å². The first-order chi connectivity index (χ1) is 16.4. The van der Waals surface area contributed by atoms with E-state index in [2.05, 4.69) is 0 Å². The summed E-state index contributed by atoms with van der Waals surface area (Å²) in [5, 5.41) is 0. The van der Waals surface area contributed by atoms with Gasteiger partial charge in [-0.2, -0.15) is 4.31 Å². The summed E-state index contributed by atoms with van der Waals surface area (Å²) in [6, 6.07) is 11.2. The van der Waals surface area contributed by atoms with Crippen LogP contribution in [0.25, 0.3) is 0 Å². The molecular weight excluding hydrogens is 460 g/mol. The summed E-state index contributed by atoms with van der Waals surface area (Å²) in [4.78, 5) is 27.1. The average molecular weight is 489 g/mol. The molecule has 4 rings (SSSR count). The molecule has 0 aromatic heterocycles. The number of fused-ring (bicyclic) bond motifs is 1. The lowest BCUT2D eigenvalue weighted by Gasteiger charge is -2.33. The lowest BCUT2D eigenvalue weighted by Crippen LogP contribution is -2.47. The Labute approximate surface area is 199 Å². The van der Waals surface area contributed by atoms with Gasteiger partial charge < -0.3 is 19.1 Å². The Hall–Kier alpha value is -3.11. The fraction of sp³-hybridized carbons (Fsp3) is 0.417. The average Bonchev–Trinajstić information content (AvgIpc) is 3.17. The second-order valence-electron chi connectivity index (χ2n) is 8.20. The predicted octanol–water partition coefficient (Wildman–Crippen LogP) is 2.84. The van der Waals surface area contributed by atoms with Crippen LogP contribution < -0.4 is 14.4 Å². The van der Waals surface area contributed by atoms with Gasteiger partial charge in [-0.15, -0.1) is 0 Å². The number of nitrogens with zero attached hydrogens (tertiary/aromatic N) is 2. The lowest BCUT2D eigenvalue weighted by atomic mass is 10.1. The number of sulfonamides is 1. The van der Waals surface area contributed by atoms with Gasteiger partial charge in [-0.25, -0.2) is 13.2 Å². The molecule has 0 radical (unpaired) electrons. The number of carbonyl (C=O) groups excluding carboxylic acids is 2. The number of hydrogen-bond acceptors (Lipinski definition) is 7. The normalized spacial score (nSPS) is 18.9. The number of benzene rings is 2. The van der Waals surface area contributed by atoms with Crippen LogP contribution in [0.15, 0.2) is 47.4 Å². The Morgan fingerprint density at radius 3 is 2.38 bits per heavy atom. The Balaban J connectivity index is 1.72. The molecule has 1 fully saturated rings.